The van der Waals surface area contributed by atoms with Crippen molar-refractivity contribution in [1.82, 2.24) is 19.8 Å². The molecule has 1 aliphatic carbocycles. The molecule has 4 rings (SSSR count). The second-order valence-corrected chi connectivity index (χ2v) is 8.97. The highest BCUT2D eigenvalue weighted by Crippen LogP contribution is 2.28. The molecule has 30 heavy (non-hydrogen) atoms. The van der Waals surface area contributed by atoms with Gasteiger partial charge in [0.15, 0.2) is 0 Å². The highest BCUT2D eigenvalue weighted by Gasteiger charge is 2.24. The fourth-order valence-electron chi connectivity index (χ4n) is 4.88. The van der Waals surface area contributed by atoms with Crippen molar-refractivity contribution in [2.45, 2.75) is 52.0 Å². The minimum Gasteiger partial charge on any atom is -0.369 e. The minimum atomic E-state index is -0.0577. The van der Waals surface area contributed by atoms with Crippen LogP contribution in [-0.4, -0.2) is 59.2 Å². The van der Waals surface area contributed by atoms with Crippen molar-refractivity contribution in [3.63, 3.8) is 0 Å². The molecule has 162 valence electrons. The lowest BCUT2D eigenvalue weighted by Gasteiger charge is -2.38. The Morgan fingerprint density at radius 2 is 1.87 bits per heavy atom. The van der Waals surface area contributed by atoms with Crippen LogP contribution in [0.15, 0.2) is 36.9 Å². The smallest absolute Gasteiger partial charge is 0.327 e. The van der Waals surface area contributed by atoms with E-state index in [4.69, 9.17) is 0 Å². The van der Waals surface area contributed by atoms with Crippen LogP contribution in [0.3, 0.4) is 0 Å². The van der Waals surface area contributed by atoms with Gasteiger partial charge in [-0.25, -0.2) is 9.78 Å². The summed E-state index contributed by atoms with van der Waals surface area (Å²) in [5.74, 6) is 0.795. The number of piperazine rings is 1. The number of nitrogens with zero attached hydrogens (tertiary/aromatic N) is 4. The maximum Gasteiger partial charge on any atom is 0.327 e. The van der Waals surface area contributed by atoms with E-state index in [1.165, 1.54) is 47.2 Å². The molecule has 2 heterocycles. The fourth-order valence-corrected chi connectivity index (χ4v) is 4.88. The van der Waals surface area contributed by atoms with Crippen molar-refractivity contribution in [1.29, 1.82) is 0 Å². The molecule has 6 heteroatoms. The first-order chi connectivity index (χ1) is 14.6. The van der Waals surface area contributed by atoms with Gasteiger partial charge < -0.3 is 10.2 Å². The molecule has 1 saturated carbocycles. The number of hydrogen-bond donors (Lipinski definition) is 1. The van der Waals surface area contributed by atoms with Crippen molar-refractivity contribution < 1.29 is 4.79 Å². The highest BCUT2D eigenvalue weighted by atomic mass is 16.2. The van der Waals surface area contributed by atoms with Crippen LogP contribution in [0.5, 0.6) is 0 Å². The summed E-state index contributed by atoms with van der Waals surface area (Å²) in [6, 6.07) is 6.89. The molecular weight excluding hydrogens is 374 g/mol. The Hall–Kier alpha value is -2.34. The molecule has 1 amide bonds. The first-order valence-electron chi connectivity index (χ1n) is 11.4. The molecule has 0 spiro atoms. The van der Waals surface area contributed by atoms with Gasteiger partial charge in [-0.2, -0.15) is 0 Å². The summed E-state index contributed by atoms with van der Waals surface area (Å²) in [5, 5.41) is 3.14. The number of imidazole rings is 1. The molecule has 0 radical (unpaired) electrons. The SMILES string of the molecule is Cc1cccc(N2CCN(CCC3CCC(NC(=O)n4ccnc4)CC3)CC2)c1C. The summed E-state index contributed by atoms with van der Waals surface area (Å²) >= 11 is 0. The van der Waals surface area contributed by atoms with E-state index in [0.29, 0.717) is 6.04 Å². The first kappa shape index (κ1) is 20.9. The predicted octanol–water partition coefficient (Wildman–Crippen LogP) is 3.83. The van der Waals surface area contributed by atoms with Crippen LogP contribution in [0.1, 0.15) is 43.2 Å². The topological polar surface area (TPSA) is 53.4 Å². The molecule has 2 aliphatic rings. The largest absolute Gasteiger partial charge is 0.369 e. The van der Waals surface area contributed by atoms with Gasteiger partial charge in [0.25, 0.3) is 0 Å². The summed E-state index contributed by atoms with van der Waals surface area (Å²) in [6.07, 6.45) is 10.8. The van der Waals surface area contributed by atoms with E-state index in [1.54, 1.807) is 18.7 Å². The van der Waals surface area contributed by atoms with Gasteiger partial charge in [0.2, 0.25) is 0 Å². The molecule has 1 aliphatic heterocycles. The predicted molar refractivity (Wildman–Crippen MR) is 121 cm³/mol. The second-order valence-electron chi connectivity index (χ2n) is 8.97. The van der Waals surface area contributed by atoms with Crippen LogP contribution in [-0.2, 0) is 0 Å². The van der Waals surface area contributed by atoms with Crippen LogP contribution in [0.2, 0.25) is 0 Å². The number of anilines is 1. The van der Waals surface area contributed by atoms with Crippen LogP contribution in [0, 0.1) is 19.8 Å². The van der Waals surface area contributed by atoms with Gasteiger partial charge in [-0.05, 0) is 75.6 Å². The van der Waals surface area contributed by atoms with E-state index in [2.05, 4.69) is 52.1 Å². The summed E-state index contributed by atoms with van der Waals surface area (Å²) in [7, 11) is 0. The number of aryl methyl sites for hydroxylation is 1. The zero-order valence-corrected chi connectivity index (χ0v) is 18.4. The molecular formula is C24H35N5O. The molecule has 0 bridgehead atoms. The third-order valence-electron chi connectivity index (χ3n) is 7.06. The summed E-state index contributed by atoms with van der Waals surface area (Å²) in [6.45, 7) is 10.2. The van der Waals surface area contributed by atoms with E-state index >= 15 is 0 Å². The Bertz CT molecular complexity index is 818. The summed E-state index contributed by atoms with van der Waals surface area (Å²) < 4.78 is 1.52. The number of nitrogens with one attached hydrogen (secondary N) is 1. The monoisotopic (exact) mass is 409 g/mol. The van der Waals surface area contributed by atoms with E-state index < -0.39 is 0 Å². The normalized spacial score (nSPS) is 22.8. The number of rotatable bonds is 5. The zero-order valence-electron chi connectivity index (χ0n) is 18.4. The molecule has 1 saturated heterocycles. The molecule has 1 aromatic heterocycles. The van der Waals surface area contributed by atoms with Gasteiger partial charge in [-0.1, -0.05) is 12.1 Å². The molecule has 1 aromatic carbocycles. The standard InChI is InChI=1S/C24H35N5O/c1-19-4-3-5-23(20(19)2)28-16-14-27(15-17-28)12-10-21-6-8-22(9-7-21)26-24(30)29-13-11-25-18-29/h3-5,11,13,18,21-22H,6-10,12,14-17H2,1-2H3,(H,26,30). The molecule has 2 aromatic rings. The van der Waals surface area contributed by atoms with Crippen molar-refractivity contribution in [3.05, 3.63) is 48.0 Å². The molecule has 6 nitrogen and oxygen atoms in total. The number of carbonyl (C=O) groups excluding carboxylic acids is 1. The molecule has 0 atom stereocenters. The van der Waals surface area contributed by atoms with E-state index in [9.17, 15) is 4.79 Å². The van der Waals surface area contributed by atoms with Gasteiger partial charge >= 0.3 is 6.03 Å². The van der Waals surface area contributed by atoms with Crippen LogP contribution >= 0.6 is 0 Å². The van der Waals surface area contributed by atoms with Gasteiger partial charge in [-0.15, -0.1) is 0 Å². The third kappa shape index (κ3) is 5.04. The number of benzene rings is 1. The van der Waals surface area contributed by atoms with Gasteiger partial charge in [0, 0.05) is 50.3 Å². The fraction of sp³-hybridized carbons (Fsp3) is 0.583. The lowest BCUT2D eigenvalue weighted by atomic mass is 9.84. The Morgan fingerprint density at radius 3 is 2.57 bits per heavy atom. The molecule has 1 N–H and O–H groups in total. The van der Waals surface area contributed by atoms with Crippen LogP contribution < -0.4 is 10.2 Å². The Balaban J connectivity index is 1.15. The molecule has 2 fully saturated rings. The van der Waals surface area contributed by atoms with E-state index in [0.717, 1.165) is 44.9 Å². The maximum absolute atomic E-state index is 12.2. The van der Waals surface area contributed by atoms with Crippen molar-refractivity contribution in [2.24, 2.45) is 5.92 Å². The lowest BCUT2D eigenvalue weighted by molar-refractivity contribution is 0.205. The highest BCUT2D eigenvalue weighted by molar-refractivity contribution is 5.76. The Kier molecular flexibility index (Phi) is 6.72. The summed E-state index contributed by atoms with van der Waals surface area (Å²) in [4.78, 5) is 21.3. The van der Waals surface area contributed by atoms with Crippen molar-refractivity contribution in [3.8, 4) is 0 Å². The van der Waals surface area contributed by atoms with Gasteiger partial charge in [0.05, 0.1) is 0 Å². The second kappa shape index (κ2) is 9.65. The molecule has 0 unspecified atom stereocenters. The Labute approximate surface area is 180 Å². The van der Waals surface area contributed by atoms with Gasteiger partial charge in [0.1, 0.15) is 6.33 Å². The number of amides is 1. The van der Waals surface area contributed by atoms with E-state index in [1.807, 2.05) is 0 Å². The minimum absolute atomic E-state index is 0.0577. The maximum atomic E-state index is 12.2. The number of aromatic nitrogens is 2. The zero-order chi connectivity index (χ0) is 20.9. The average molecular weight is 410 g/mol. The lowest BCUT2D eigenvalue weighted by Crippen LogP contribution is -2.47. The summed E-state index contributed by atoms with van der Waals surface area (Å²) in [5.41, 5.74) is 4.21. The van der Waals surface area contributed by atoms with E-state index in [-0.39, 0.29) is 6.03 Å². The average Bonchev–Trinajstić information content (AvgIpc) is 3.31. The van der Waals surface area contributed by atoms with Crippen molar-refractivity contribution in [2.75, 3.05) is 37.6 Å². The van der Waals surface area contributed by atoms with Crippen molar-refractivity contribution >= 4 is 11.7 Å². The van der Waals surface area contributed by atoms with Crippen LogP contribution in [0.4, 0.5) is 10.5 Å². The Morgan fingerprint density at radius 1 is 1.10 bits per heavy atom. The van der Waals surface area contributed by atoms with Gasteiger partial charge in [-0.3, -0.25) is 9.47 Å². The third-order valence-corrected chi connectivity index (χ3v) is 7.06. The first-order valence-corrected chi connectivity index (χ1v) is 11.4. The number of hydrogen-bond acceptors (Lipinski definition) is 4. The quantitative estimate of drug-likeness (QED) is 0.815. The van der Waals surface area contributed by atoms with Crippen LogP contribution in [0.25, 0.3) is 0 Å². The number of carbonyl (C=O) groups is 1.